The largest absolute Gasteiger partial charge is 0.422 e. The van der Waals surface area contributed by atoms with Crippen molar-refractivity contribution >= 4 is 39.7 Å². The van der Waals surface area contributed by atoms with Gasteiger partial charge in [0.25, 0.3) is 0 Å². The van der Waals surface area contributed by atoms with Gasteiger partial charge in [0, 0.05) is 30.2 Å². The van der Waals surface area contributed by atoms with E-state index in [9.17, 15) is 4.79 Å². The number of aryl methyl sites for hydroxylation is 1. The molecule has 0 aliphatic rings. The third kappa shape index (κ3) is 5.41. The van der Waals surface area contributed by atoms with Gasteiger partial charge in [-0.25, -0.2) is 4.79 Å². The molecule has 0 N–H and O–H groups in total. The van der Waals surface area contributed by atoms with Crippen LogP contribution in [0.4, 0.5) is 11.4 Å². The van der Waals surface area contributed by atoms with Gasteiger partial charge in [0.2, 0.25) is 0 Å². The lowest BCUT2D eigenvalue weighted by atomic mass is 9.99. The number of aliphatic imine (C=N–C) groups is 1. The van der Waals surface area contributed by atoms with Gasteiger partial charge in [-0.1, -0.05) is 12.1 Å². The van der Waals surface area contributed by atoms with Crippen LogP contribution in [-0.4, -0.2) is 18.3 Å². The van der Waals surface area contributed by atoms with Gasteiger partial charge < -0.3 is 9.32 Å². The summed E-state index contributed by atoms with van der Waals surface area (Å²) in [6.07, 6.45) is 0. The van der Waals surface area contributed by atoms with Crippen molar-refractivity contribution in [2.24, 2.45) is 4.99 Å². The van der Waals surface area contributed by atoms with Crippen molar-refractivity contribution in [3.8, 4) is 11.1 Å². The van der Waals surface area contributed by atoms with Crippen LogP contribution in [0.5, 0.6) is 0 Å². The Kier molecular flexibility index (Phi) is 10.2. The summed E-state index contributed by atoms with van der Waals surface area (Å²) in [5.74, 6) is 0. The highest BCUT2D eigenvalue weighted by molar-refractivity contribution is 7.78. The molecule has 5 heteroatoms. The highest BCUT2D eigenvalue weighted by Crippen LogP contribution is 2.30. The van der Waals surface area contributed by atoms with Gasteiger partial charge >= 0.3 is 5.63 Å². The summed E-state index contributed by atoms with van der Waals surface area (Å²) >= 11 is 4.62. The number of hydrogen-bond donors (Lipinski definition) is 0. The Morgan fingerprint density at radius 1 is 1.03 bits per heavy atom. The molecule has 0 unspecified atom stereocenters. The van der Waals surface area contributed by atoms with Crippen LogP contribution in [-0.2, 0) is 0 Å². The molecule has 0 saturated heterocycles. The van der Waals surface area contributed by atoms with Gasteiger partial charge in [0.1, 0.15) is 5.58 Å². The van der Waals surface area contributed by atoms with Gasteiger partial charge in [-0.3, -0.25) is 0 Å². The Labute approximate surface area is 183 Å². The van der Waals surface area contributed by atoms with Gasteiger partial charge in [-0.05, 0) is 68.4 Å². The Morgan fingerprint density at radius 2 is 1.63 bits per heavy atom. The molecule has 0 atom stereocenters. The highest BCUT2D eigenvalue weighted by atomic mass is 32.1. The number of hydrogen-bond acceptors (Lipinski definition) is 5. The van der Waals surface area contributed by atoms with Crippen LogP contribution in [0.1, 0.15) is 19.4 Å². The fourth-order valence-corrected chi connectivity index (χ4v) is 3.32. The van der Waals surface area contributed by atoms with Gasteiger partial charge in [0.05, 0.1) is 16.4 Å². The van der Waals surface area contributed by atoms with E-state index in [4.69, 9.17) is 4.42 Å². The predicted molar refractivity (Wildman–Crippen MR) is 133 cm³/mol. The first-order valence-corrected chi connectivity index (χ1v) is 10.0. The average molecular weight is 421 g/mol. The predicted octanol–water partition coefficient (Wildman–Crippen LogP) is 6.95. The van der Waals surface area contributed by atoms with Crippen LogP contribution in [0.25, 0.3) is 22.1 Å². The van der Waals surface area contributed by atoms with Crippen LogP contribution in [0.15, 0.2) is 83.0 Å². The lowest BCUT2D eigenvalue weighted by Crippen LogP contribution is -2.21. The van der Waals surface area contributed by atoms with E-state index in [1.165, 1.54) is 0 Å². The van der Waals surface area contributed by atoms with Gasteiger partial charge in [-0.15, -0.1) is 26.3 Å². The molecule has 0 aliphatic carbocycles. The summed E-state index contributed by atoms with van der Waals surface area (Å²) in [5, 5.41) is 3.28. The number of benzene rings is 2. The molecule has 1 aromatic heterocycles. The Hall–Kier alpha value is -3.27. The number of anilines is 1. The van der Waals surface area contributed by atoms with Crippen LogP contribution in [0.2, 0.25) is 0 Å². The van der Waals surface area contributed by atoms with E-state index in [0.29, 0.717) is 16.8 Å². The number of nitrogens with zero attached hydrogens (tertiary/aromatic N) is 2. The van der Waals surface area contributed by atoms with Crippen molar-refractivity contribution in [2.45, 2.75) is 20.8 Å². The first-order valence-electron chi connectivity index (χ1n) is 9.59. The molecule has 0 radical (unpaired) electrons. The molecule has 0 saturated carbocycles. The zero-order chi connectivity index (χ0) is 22.7. The molecule has 30 heavy (non-hydrogen) atoms. The quantitative estimate of drug-likeness (QED) is 0.194. The molecule has 0 aliphatic heterocycles. The summed E-state index contributed by atoms with van der Waals surface area (Å²) in [4.78, 5) is 18.8. The van der Waals surface area contributed by atoms with Gasteiger partial charge in [-0.2, -0.15) is 4.99 Å². The van der Waals surface area contributed by atoms with E-state index in [1.54, 1.807) is 12.1 Å². The third-order valence-electron chi connectivity index (χ3n) is 4.61. The normalized spacial score (nSPS) is 9.43. The second-order valence-corrected chi connectivity index (χ2v) is 6.17. The Balaban J connectivity index is 0.00000106. The molecule has 0 bridgehead atoms. The second kappa shape index (κ2) is 12.3. The molecule has 3 rings (SSSR count). The minimum absolute atomic E-state index is 0.335. The first kappa shape index (κ1) is 24.8. The molecule has 2 aromatic carbocycles. The van der Waals surface area contributed by atoms with Crippen molar-refractivity contribution in [3.63, 3.8) is 0 Å². The lowest BCUT2D eigenvalue weighted by molar-refractivity contribution is 0.562. The molecule has 1 heterocycles. The Bertz CT molecular complexity index is 1070. The minimum Gasteiger partial charge on any atom is -0.422 e. The zero-order valence-corrected chi connectivity index (χ0v) is 18.7. The van der Waals surface area contributed by atoms with Crippen LogP contribution in [0, 0.1) is 6.92 Å². The van der Waals surface area contributed by atoms with Crippen LogP contribution >= 0.6 is 12.2 Å². The van der Waals surface area contributed by atoms with E-state index in [2.05, 4.69) is 73.5 Å². The molecular weight excluding hydrogens is 392 g/mol. The molecule has 0 fully saturated rings. The van der Waals surface area contributed by atoms with Crippen molar-refractivity contribution in [3.05, 3.63) is 84.8 Å². The number of thiocarbonyl (C=S) groups is 1. The summed E-state index contributed by atoms with van der Waals surface area (Å²) in [6, 6.07) is 13.3. The summed E-state index contributed by atoms with van der Waals surface area (Å²) < 4.78 is 5.65. The molecule has 4 nitrogen and oxygen atoms in total. The molecule has 0 spiro atoms. The molecule has 0 amide bonds. The van der Waals surface area contributed by atoms with E-state index in [-0.39, 0.29) is 5.63 Å². The average Bonchev–Trinajstić information content (AvgIpc) is 2.78. The minimum atomic E-state index is -0.335. The van der Waals surface area contributed by atoms with Crippen LogP contribution < -0.4 is 10.5 Å². The van der Waals surface area contributed by atoms with E-state index >= 15 is 0 Å². The summed E-state index contributed by atoms with van der Waals surface area (Å²) in [7, 11) is 0. The monoisotopic (exact) mass is 420 g/mol. The third-order valence-corrected chi connectivity index (χ3v) is 4.70. The van der Waals surface area contributed by atoms with Crippen molar-refractivity contribution in [1.29, 1.82) is 0 Å². The SMILES string of the molecule is C=C.C=C.CCN(CC)c1ccc2c(C)c(-c3ccc(N=C=S)cc3)c(=O)oc2c1. The number of isothiocyanates is 1. The zero-order valence-electron chi connectivity index (χ0n) is 17.9. The van der Waals surface area contributed by atoms with E-state index in [0.717, 1.165) is 35.3 Å². The van der Waals surface area contributed by atoms with Crippen LogP contribution in [0.3, 0.4) is 0 Å². The van der Waals surface area contributed by atoms with Crippen molar-refractivity contribution in [2.75, 3.05) is 18.0 Å². The maximum absolute atomic E-state index is 12.7. The fraction of sp³-hybridized carbons (Fsp3) is 0.200. The standard InChI is InChI=1S/C21H20N2O2S.2C2H4/c1-4-23(5-2)17-10-11-18-14(3)20(21(24)25-19(18)12-17)15-6-8-16(9-7-15)22-13-26;2*1-2/h6-12H,4-5H2,1-3H3;2*1-2H2. The fourth-order valence-electron chi connectivity index (χ4n) is 3.22. The number of fused-ring (bicyclic) bond motifs is 1. The topological polar surface area (TPSA) is 45.8 Å². The molecule has 3 aromatic rings. The van der Waals surface area contributed by atoms with Crippen molar-refractivity contribution < 1.29 is 4.42 Å². The van der Waals surface area contributed by atoms with E-state index in [1.807, 2.05) is 31.2 Å². The second-order valence-electron chi connectivity index (χ2n) is 5.99. The Morgan fingerprint density at radius 3 is 2.17 bits per heavy atom. The number of rotatable bonds is 5. The van der Waals surface area contributed by atoms with Crippen molar-refractivity contribution in [1.82, 2.24) is 0 Å². The van der Waals surface area contributed by atoms with Gasteiger partial charge in [0.15, 0.2) is 0 Å². The van der Waals surface area contributed by atoms with E-state index < -0.39 is 0 Å². The molecule has 156 valence electrons. The first-order chi connectivity index (χ1) is 14.6. The summed E-state index contributed by atoms with van der Waals surface area (Å²) in [5.41, 5.74) is 4.32. The lowest BCUT2D eigenvalue weighted by Gasteiger charge is -2.21. The smallest absolute Gasteiger partial charge is 0.344 e. The highest BCUT2D eigenvalue weighted by Gasteiger charge is 2.14. The summed E-state index contributed by atoms with van der Waals surface area (Å²) in [6.45, 7) is 20.0. The maximum atomic E-state index is 12.7. The maximum Gasteiger partial charge on any atom is 0.344 e. The molecular formula is C25H28N2O2S.